The van der Waals surface area contributed by atoms with Gasteiger partial charge in [0.05, 0.1) is 6.21 Å². The van der Waals surface area contributed by atoms with E-state index < -0.39 is 0 Å². The Morgan fingerprint density at radius 3 is 2.61 bits per heavy atom. The van der Waals surface area contributed by atoms with Crippen LogP contribution in [0.1, 0.15) is 5.56 Å². The Morgan fingerprint density at radius 2 is 1.87 bits per heavy atom. The van der Waals surface area contributed by atoms with Crippen molar-refractivity contribution in [2.45, 2.75) is 0 Å². The predicted molar refractivity (Wildman–Crippen MR) is 94.5 cm³/mol. The average Bonchev–Trinajstić information content (AvgIpc) is 2.54. The fourth-order valence-electron chi connectivity index (χ4n) is 1.75. The van der Waals surface area contributed by atoms with Crippen LogP contribution in [0.3, 0.4) is 0 Å². The molecule has 0 saturated heterocycles. The third-order valence-electron chi connectivity index (χ3n) is 2.71. The van der Waals surface area contributed by atoms with E-state index in [9.17, 15) is 4.79 Å². The van der Waals surface area contributed by atoms with Crippen LogP contribution in [0.4, 0.5) is 5.69 Å². The molecule has 2 aromatic carbocycles. The van der Waals surface area contributed by atoms with Crippen molar-refractivity contribution in [3.8, 4) is 5.75 Å². The highest BCUT2D eigenvalue weighted by Crippen LogP contribution is 2.16. The zero-order valence-electron chi connectivity index (χ0n) is 12.2. The van der Waals surface area contributed by atoms with Crippen LogP contribution in [0.25, 0.3) is 0 Å². The van der Waals surface area contributed by atoms with Gasteiger partial charge in [0.1, 0.15) is 5.75 Å². The first-order chi connectivity index (χ1) is 11.1. The molecule has 1 amide bonds. The van der Waals surface area contributed by atoms with Crippen molar-refractivity contribution in [3.05, 3.63) is 60.2 Å². The van der Waals surface area contributed by atoms with Gasteiger partial charge in [0, 0.05) is 11.3 Å². The Morgan fingerprint density at radius 1 is 1.17 bits per heavy atom. The van der Waals surface area contributed by atoms with Gasteiger partial charge in [-0.3, -0.25) is 10.2 Å². The number of nitrogens with zero attached hydrogens (tertiary/aromatic N) is 1. The Kier molecular flexibility index (Phi) is 6.07. The Bertz CT molecular complexity index is 704. The van der Waals surface area contributed by atoms with E-state index in [2.05, 4.69) is 28.1 Å². The van der Waals surface area contributed by atoms with Crippen molar-refractivity contribution in [2.75, 3.05) is 11.9 Å². The highest BCUT2D eigenvalue weighted by molar-refractivity contribution is 7.80. The van der Waals surface area contributed by atoms with Crippen LogP contribution in [-0.2, 0) is 4.79 Å². The molecule has 0 aromatic heterocycles. The van der Waals surface area contributed by atoms with Crippen molar-refractivity contribution in [1.29, 1.82) is 0 Å². The van der Waals surface area contributed by atoms with Gasteiger partial charge in [0.15, 0.2) is 11.7 Å². The first kappa shape index (κ1) is 16.4. The lowest BCUT2D eigenvalue weighted by molar-refractivity contribution is -0.118. The number of thiocarbonyl (C=S) groups is 1. The smallest absolute Gasteiger partial charge is 0.262 e. The van der Waals surface area contributed by atoms with E-state index in [1.807, 2.05) is 30.3 Å². The molecule has 6 nitrogen and oxygen atoms in total. The number of nitrogens with one attached hydrogen (secondary N) is 2. The molecule has 0 aliphatic heterocycles. The summed E-state index contributed by atoms with van der Waals surface area (Å²) in [4.78, 5) is 11.9. The maximum Gasteiger partial charge on any atom is 0.262 e. The topological polar surface area (TPSA) is 88.7 Å². The number of rotatable bonds is 6. The molecule has 7 heteroatoms. The third kappa shape index (κ3) is 5.76. The minimum Gasteiger partial charge on any atom is -0.483 e. The van der Waals surface area contributed by atoms with Crippen molar-refractivity contribution < 1.29 is 9.53 Å². The van der Waals surface area contributed by atoms with Crippen molar-refractivity contribution >= 4 is 35.1 Å². The lowest BCUT2D eigenvalue weighted by Gasteiger charge is -2.09. The highest BCUT2D eigenvalue weighted by atomic mass is 32.1. The zero-order chi connectivity index (χ0) is 16.5. The third-order valence-corrected chi connectivity index (χ3v) is 2.80. The van der Waals surface area contributed by atoms with Crippen LogP contribution in [0, 0.1) is 0 Å². The minimum atomic E-state index is -0.246. The van der Waals surface area contributed by atoms with Gasteiger partial charge in [-0.1, -0.05) is 30.3 Å². The van der Waals surface area contributed by atoms with Gasteiger partial charge in [0.2, 0.25) is 0 Å². The second-order valence-electron chi connectivity index (χ2n) is 4.47. The van der Waals surface area contributed by atoms with E-state index in [1.165, 1.54) is 6.21 Å². The van der Waals surface area contributed by atoms with Gasteiger partial charge in [-0.05, 0) is 36.5 Å². The number of ether oxygens (including phenoxy) is 1. The highest BCUT2D eigenvalue weighted by Gasteiger charge is 2.06. The summed E-state index contributed by atoms with van der Waals surface area (Å²) in [6.07, 6.45) is 1.52. The number of nitrogens with two attached hydrogens (primary N) is 1. The fourth-order valence-corrected chi connectivity index (χ4v) is 1.80. The number of amides is 1. The van der Waals surface area contributed by atoms with Gasteiger partial charge in [0.25, 0.3) is 5.91 Å². The second-order valence-corrected chi connectivity index (χ2v) is 4.91. The number of hydrogen-bond acceptors (Lipinski definition) is 4. The van der Waals surface area contributed by atoms with Gasteiger partial charge < -0.3 is 15.8 Å². The molecule has 0 heterocycles. The van der Waals surface area contributed by atoms with Crippen molar-refractivity contribution in [1.82, 2.24) is 5.43 Å². The summed E-state index contributed by atoms with van der Waals surface area (Å²) in [5.74, 6) is 0.286. The number of anilines is 1. The van der Waals surface area contributed by atoms with Crippen LogP contribution in [0.2, 0.25) is 0 Å². The first-order valence-corrected chi connectivity index (χ1v) is 7.21. The van der Waals surface area contributed by atoms with Gasteiger partial charge in [-0.15, -0.1) is 0 Å². The molecule has 4 N–H and O–H groups in total. The molecule has 23 heavy (non-hydrogen) atoms. The molecule has 0 fully saturated rings. The summed E-state index contributed by atoms with van der Waals surface area (Å²) >= 11 is 4.66. The monoisotopic (exact) mass is 328 g/mol. The summed E-state index contributed by atoms with van der Waals surface area (Å²) in [6, 6.07) is 16.4. The molecular formula is C16H16N4O2S. The molecule has 0 radical (unpaired) electrons. The van der Waals surface area contributed by atoms with Gasteiger partial charge in [-0.2, -0.15) is 5.10 Å². The standard InChI is InChI=1S/C16H16N4O2S/c17-16(23)20-18-10-12-6-4-5-9-14(12)22-11-15(21)19-13-7-2-1-3-8-13/h1-10H,11H2,(H,19,21)(H3,17,20,23)/b18-10+. The normalized spacial score (nSPS) is 10.3. The lowest BCUT2D eigenvalue weighted by atomic mass is 10.2. The van der Waals surface area contributed by atoms with E-state index in [0.717, 1.165) is 5.69 Å². The molecule has 0 saturated carbocycles. The minimum absolute atomic E-state index is 0.0712. The van der Waals surface area contributed by atoms with E-state index in [-0.39, 0.29) is 17.6 Å². The van der Waals surface area contributed by atoms with Crippen LogP contribution in [-0.4, -0.2) is 23.8 Å². The summed E-state index contributed by atoms with van der Waals surface area (Å²) < 4.78 is 5.53. The maximum absolute atomic E-state index is 11.9. The van der Waals surface area contributed by atoms with Crippen LogP contribution in [0.5, 0.6) is 5.75 Å². The van der Waals surface area contributed by atoms with Crippen LogP contribution >= 0.6 is 12.2 Å². The molecule has 0 spiro atoms. The SMILES string of the molecule is NC(=S)N/N=C/c1ccccc1OCC(=O)Nc1ccccc1. The Labute approximate surface area is 139 Å². The summed E-state index contributed by atoms with van der Waals surface area (Å²) in [7, 11) is 0. The molecule has 2 aromatic rings. The van der Waals surface area contributed by atoms with E-state index >= 15 is 0 Å². The van der Waals surface area contributed by atoms with E-state index in [4.69, 9.17) is 10.5 Å². The number of carbonyl (C=O) groups is 1. The first-order valence-electron chi connectivity index (χ1n) is 6.80. The quantitative estimate of drug-likeness (QED) is 0.428. The molecule has 0 bridgehead atoms. The molecule has 0 aliphatic carbocycles. The molecule has 0 aliphatic rings. The van der Waals surface area contributed by atoms with Crippen molar-refractivity contribution in [2.24, 2.45) is 10.8 Å². The van der Waals surface area contributed by atoms with E-state index in [1.54, 1.807) is 24.3 Å². The molecular weight excluding hydrogens is 312 g/mol. The van der Waals surface area contributed by atoms with E-state index in [0.29, 0.717) is 11.3 Å². The lowest BCUT2D eigenvalue weighted by Crippen LogP contribution is -2.24. The van der Waals surface area contributed by atoms with Gasteiger partial charge >= 0.3 is 0 Å². The Balaban J connectivity index is 1.93. The fraction of sp³-hybridized carbons (Fsp3) is 0.0625. The largest absolute Gasteiger partial charge is 0.483 e. The number of carbonyl (C=O) groups excluding carboxylic acids is 1. The summed E-state index contributed by atoms with van der Waals surface area (Å²) in [6.45, 7) is -0.109. The van der Waals surface area contributed by atoms with Crippen LogP contribution in [0.15, 0.2) is 59.7 Å². The predicted octanol–water partition coefficient (Wildman–Crippen LogP) is 1.87. The molecule has 118 valence electrons. The second kappa shape index (κ2) is 8.50. The zero-order valence-corrected chi connectivity index (χ0v) is 13.0. The van der Waals surface area contributed by atoms with Gasteiger partial charge in [-0.25, -0.2) is 0 Å². The summed E-state index contributed by atoms with van der Waals surface area (Å²) in [5.41, 5.74) is 9.17. The molecule has 0 atom stereocenters. The number of hydrazone groups is 1. The number of benzene rings is 2. The molecule has 0 unspecified atom stereocenters. The average molecular weight is 328 g/mol. The Hall–Kier alpha value is -2.93. The molecule has 2 rings (SSSR count). The number of para-hydroxylation sites is 2. The summed E-state index contributed by atoms with van der Waals surface area (Å²) in [5, 5.41) is 6.69. The van der Waals surface area contributed by atoms with Crippen molar-refractivity contribution in [3.63, 3.8) is 0 Å². The maximum atomic E-state index is 11.9. The van der Waals surface area contributed by atoms with Crippen LogP contribution < -0.4 is 21.2 Å². The number of hydrogen-bond donors (Lipinski definition) is 3.